The van der Waals surface area contributed by atoms with E-state index in [-0.39, 0.29) is 22.4 Å². The van der Waals surface area contributed by atoms with E-state index in [9.17, 15) is 9.59 Å². The number of pyridine rings is 1. The van der Waals surface area contributed by atoms with Gasteiger partial charge < -0.3 is 16.0 Å². The Hall–Kier alpha value is -3.92. The Bertz CT molecular complexity index is 1580. The van der Waals surface area contributed by atoms with Crippen molar-refractivity contribution in [2.45, 2.75) is 60.3 Å². The minimum atomic E-state index is -0.685. The van der Waals surface area contributed by atoms with E-state index in [2.05, 4.69) is 27.2 Å². The second kappa shape index (κ2) is 10.8. The lowest BCUT2D eigenvalue weighted by Crippen LogP contribution is -2.29. The number of nitrogens with zero attached hydrogens (tertiary/aromatic N) is 6. The molecule has 0 saturated heterocycles. The number of carbonyl (C=O) groups excluding carboxylic acids is 1. The standard InChI is InChI=1S/C25H27ClN8O2.C2H6/c1-5-34-19-12-33(11-15(19)10-28-34)25-31-21-16(8-13(2)9-17(21)24(36)32(25)4)14(3)29-18-6-7-20(26)30-22(18)23(27)35;1-2/h6-10,14,29H,5,11-12H2,1-4H3,(H2,27,35);1-2H3. The maximum atomic E-state index is 13.5. The van der Waals surface area contributed by atoms with Crippen LogP contribution in [0.5, 0.6) is 0 Å². The zero-order valence-electron chi connectivity index (χ0n) is 22.5. The van der Waals surface area contributed by atoms with Crippen LogP contribution < -0.4 is 21.5 Å². The van der Waals surface area contributed by atoms with Crippen LogP contribution in [0, 0.1) is 6.92 Å². The van der Waals surface area contributed by atoms with Crippen LogP contribution >= 0.6 is 11.6 Å². The quantitative estimate of drug-likeness (QED) is 0.351. The molecule has 0 saturated carbocycles. The SMILES string of the molecule is CC.CCn1ncc2c1CN(c1nc3c(C(C)Nc4ccc(Cl)nc4C(N)=O)cc(C)cc3c(=O)n1C)C2. The monoisotopic (exact) mass is 536 g/mol. The first kappa shape index (κ1) is 27.1. The summed E-state index contributed by atoms with van der Waals surface area (Å²) in [5.74, 6) is -0.0931. The number of primary amides is 1. The molecule has 0 fully saturated rings. The molecule has 1 amide bonds. The molecule has 38 heavy (non-hydrogen) atoms. The Morgan fingerprint density at radius 2 is 1.95 bits per heavy atom. The van der Waals surface area contributed by atoms with Crippen molar-refractivity contribution < 1.29 is 4.79 Å². The van der Waals surface area contributed by atoms with Gasteiger partial charge in [0, 0.05) is 31.3 Å². The van der Waals surface area contributed by atoms with Crippen LogP contribution in [0.15, 0.2) is 35.3 Å². The van der Waals surface area contributed by atoms with E-state index in [1.54, 1.807) is 23.7 Å². The molecule has 4 aromatic rings. The van der Waals surface area contributed by atoms with E-state index in [1.165, 1.54) is 0 Å². The molecule has 11 heteroatoms. The molecule has 1 atom stereocenters. The number of rotatable bonds is 6. The van der Waals surface area contributed by atoms with Crippen LogP contribution in [0.4, 0.5) is 11.6 Å². The highest BCUT2D eigenvalue weighted by atomic mass is 35.5. The molecule has 1 aromatic carbocycles. The lowest BCUT2D eigenvalue weighted by Gasteiger charge is -2.23. The van der Waals surface area contributed by atoms with Gasteiger partial charge in [-0.1, -0.05) is 31.5 Å². The van der Waals surface area contributed by atoms with Crippen molar-refractivity contribution in [1.82, 2.24) is 24.3 Å². The number of anilines is 2. The van der Waals surface area contributed by atoms with Crippen LogP contribution in [0.25, 0.3) is 10.9 Å². The molecule has 1 aliphatic rings. The number of aromatic nitrogens is 5. The fourth-order valence-electron chi connectivity index (χ4n) is 4.83. The maximum Gasteiger partial charge on any atom is 0.269 e. The number of benzene rings is 1. The molecule has 3 aromatic heterocycles. The summed E-state index contributed by atoms with van der Waals surface area (Å²) in [4.78, 5) is 36.6. The van der Waals surface area contributed by atoms with Crippen LogP contribution in [0.3, 0.4) is 0 Å². The minimum absolute atomic E-state index is 0.0515. The third-order valence-corrected chi connectivity index (χ3v) is 6.79. The number of aryl methyl sites for hydroxylation is 2. The second-order valence-corrected chi connectivity index (χ2v) is 9.46. The molecular formula is C27H33ClN8O2. The smallest absolute Gasteiger partial charge is 0.269 e. The van der Waals surface area contributed by atoms with Crippen molar-refractivity contribution in [3.63, 3.8) is 0 Å². The Kier molecular flexibility index (Phi) is 7.73. The highest BCUT2D eigenvalue weighted by Gasteiger charge is 2.27. The molecule has 5 rings (SSSR count). The fourth-order valence-corrected chi connectivity index (χ4v) is 4.97. The van der Waals surface area contributed by atoms with Crippen molar-refractivity contribution in [1.29, 1.82) is 0 Å². The van der Waals surface area contributed by atoms with E-state index in [0.717, 1.165) is 28.9 Å². The van der Waals surface area contributed by atoms with Crippen molar-refractivity contribution in [3.8, 4) is 0 Å². The van der Waals surface area contributed by atoms with Gasteiger partial charge in [0.05, 0.1) is 41.1 Å². The molecule has 200 valence electrons. The maximum absolute atomic E-state index is 13.5. The number of nitrogens with two attached hydrogens (primary N) is 1. The number of halogens is 1. The van der Waals surface area contributed by atoms with Gasteiger partial charge in [0.1, 0.15) is 5.15 Å². The zero-order valence-corrected chi connectivity index (χ0v) is 23.3. The van der Waals surface area contributed by atoms with E-state index in [0.29, 0.717) is 35.6 Å². The molecule has 1 unspecified atom stereocenters. The number of hydrogen-bond acceptors (Lipinski definition) is 7. The molecule has 0 bridgehead atoms. The van der Waals surface area contributed by atoms with Crippen molar-refractivity contribution in [2.75, 3.05) is 10.2 Å². The van der Waals surface area contributed by atoms with E-state index >= 15 is 0 Å². The van der Waals surface area contributed by atoms with Gasteiger partial charge in [-0.05, 0) is 44.5 Å². The second-order valence-electron chi connectivity index (χ2n) is 9.08. The lowest BCUT2D eigenvalue weighted by atomic mass is 10.0. The minimum Gasteiger partial charge on any atom is -0.377 e. The summed E-state index contributed by atoms with van der Waals surface area (Å²) in [5.41, 5.74) is 10.5. The van der Waals surface area contributed by atoms with E-state index in [1.807, 2.05) is 50.7 Å². The summed E-state index contributed by atoms with van der Waals surface area (Å²) >= 11 is 5.97. The number of nitrogens with one attached hydrogen (secondary N) is 1. The molecule has 4 heterocycles. The predicted octanol–water partition coefficient (Wildman–Crippen LogP) is 4.33. The van der Waals surface area contributed by atoms with E-state index < -0.39 is 5.91 Å². The first-order chi connectivity index (χ1) is 18.2. The van der Waals surface area contributed by atoms with E-state index in [4.69, 9.17) is 22.3 Å². The number of carbonyl (C=O) groups is 1. The third kappa shape index (κ3) is 4.83. The van der Waals surface area contributed by atoms with Gasteiger partial charge in [-0.2, -0.15) is 5.10 Å². The summed E-state index contributed by atoms with van der Waals surface area (Å²) < 4.78 is 3.58. The summed E-state index contributed by atoms with van der Waals surface area (Å²) in [6.45, 7) is 12.0. The molecule has 10 nitrogen and oxygen atoms in total. The van der Waals surface area contributed by atoms with Crippen molar-refractivity contribution >= 4 is 40.0 Å². The largest absolute Gasteiger partial charge is 0.377 e. The molecular weight excluding hydrogens is 504 g/mol. The average Bonchev–Trinajstić information content (AvgIpc) is 3.49. The normalized spacial score (nSPS) is 13.2. The number of hydrogen-bond donors (Lipinski definition) is 2. The summed E-state index contributed by atoms with van der Waals surface area (Å²) in [5, 5.41) is 8.45. The number of fused-ring (bicyclic) bond motifs is 2. The molecule has 0 spiro atoms. The fraction of sp³-hybridized carbons (Fsp3) is 0.370. The Morgan fingerprint density at radius 1 is 1.21 bits per heavy atom. The zero-order chi connectivity index (χ0) is 27.7. The topological polar surface area (TPSA) is 124 Å². The van der Waals surface area contributed by atoms with Gasteiger partial charge in [-0.3, -0.25) is 18.8 Å². The first-order valence-electron chi connectivity index (χ1n) is 12.7. The van der Waals surface area contributed by atoms with Gasteiger partial charge in [-0.15, -0.1) is 0 Å². The highest BCUT2D eigenvalue weighted by Crippen LogP contribution is 2.31. The first-order valence-corrected chi connectivity index (χ1v) is 13.1. The Balaban J connectivity index is 0.00000164. The Morgan fingerprint density at radius 3 is 2.63 bits per heavy atom. The van der Waals surface area contributed by atoms with Crippen LogP contribution in [-0.4, -0.2) is 30.2 Å². The summed E-state index contributed by atoms with van der Waals surface area (Å²) in [6, 6.07) is 6.80. The van der Waals surface area contributed by atoms with Crippen LogP contribution in [0.1, 0.15) is 66.6 Å². The highest BCUT2D eigenvalue weighted by molar-refractivity contribution is 6.29. The molecule has 0 aliphatic carbocycles. The Labute approximate surface area is 226 Å². The summed E-state index contributed by atoms with van der Waals surface area (Å²) in [7, 11) is 1.75. The third-order valence-electron chi connectivity index (χ3n) is 6.58. The van der Waals surface area contributed by atoms with Crippen molar-refractivity contribution in [3.05, 3.63) is 74.0 Å². The van der Waals surface area contributed by atoms with Gasteiger partial charge in [0.25, 0.3) is 11.5 Å². The predicted molar refractivity (Wildman–Crippen MR) is 151 cm³/mol. The van der Waals surface area contributed by atoms with Gasteiger partial charge in [-0.25, -0.2) is 9.97 Å². The van der Waals surface area contributed by atoms with Crippen molar-refractivity contribution in [2.24, 2.45) is 12.8 Å². The van der Waals surface area contributed by atoms with Crippen LogP contribution in [0.2, 0.25) is 5.15 Å². The molecule has 0 radical (unpaired) electrons. The molecule has 1 aliphatic heterocycles. The number of amides is 1. The lowest BCUT2D eigenvalue weighted by molar-refractivity contribution is 0.0996. The van der Waals surface area contributed by atoms with Gasteiger partial charge in [0.2, 0.25) is 5.95 Å². The van der Waals surface area contributed by atoms with Crippen LogP contribution in [-0.2, 0) is 26.7 Å². The summed E-state index contributed by atoms with van der Waals surface area (Å²) in [6.07, 6.45) is 1.88. The average molecular weight is 537 g/mol. The van der Waals surface area contributed by atoms with Gasteiger partial charge in [0.15, 0.2) is 5.69 Å². The molecule has 3 N–H and O–H groups in total. The van der Waals surface area contributed by atoms with Gasteiger partial charge >= 0.3 is 0 Å².